The number of ether oxygens (including phenoxy) is 1. The van der Waals surface area contributed by atoms with Crippen molar-refractivity contribution >= 4 is 10.8 Å². The lowest BCUT2D eigenvalue weighted by atomic mass is 9.65. The van der Waals surface area contributed by atoms with Crippen LogP contribution < -0.4 is 4.74 Å². The number of methoxy groups -OCH3 is 1. The normalized spacial score (nSPS) is 44.4. The minimum Gasteiger partial charge on any atom is -0.496 e. The molecular weight excluding hydrogens is 304 g/mol. The summed E-state index contributed by atoms with van der Waals surface area (Å²) >= 11 is 0. The van der Waals surface area contributed by atoms with Crippen LogP contribution in [0.4, 0.5) is 0 Å². The van der Waals surface area contributed by atoms with E-state index in [-0.39, 0.29) is 0 Å². The zero-order valence-electron chi connectivity index (χ0n) is 14.7. The Bertz CT molecular complexity index is 941. The summed E-state index contributed by atoms with van der Waals surface area (Å²) < 4.78 is 5.81. The highest BCUT2D eigenvalue weighted by Gasteiger charge is 2.66. The quantitative estimate of drug-likeness (QED) is 0.517. The molecule has 0 radical (unpaired) electrons. The minimum atomic E-state index is 0.800. The van der Waals surface area contributed by atoms with Crippen LogP contribution in [0.2, 0.25) is 0 Å². The van der Waals surface area contributed by atoms with E-state index in [9.17, 15) is 0 Å². The van der Waals surface area contributed by atoms with E-state index in [1.165, 1.54) is 30.0 Å². The van der Waals surface area contributed by atoms with Gasteiger partial charge in [0.1, 0.15) is 5.75 Å². The Kier molecular flexibility index (Phi) is 2.32. The van der Waals surface area contributed by atoms with Gasteiger partial charge in [-0.3, -0.25) is 0 Å². The van der Waals surface area contributed by atoms with Crippen molar-refractivity contribution in [2.45, 2.75) is 25.2 Å². The monoisotopic (exact) mass is 328 g/mol. The molecule has 7 rings (SSSR count). The molecule has 2 aromatic rings. The molecular formula is C24H24O. The molecule has 3 saturated carbocycles. The Morgan fingerprint density at radius 2 is 1.72 bits per heavy atom. The van der Waals surface area contributed by atoms with Crippen LogP contribution in [0.5, 0.6) is 5.75 Å². The third kappa shape index (κ3) is 1.42. The maximum absolute atomic E-state index is 5.81. The Balaban J connectivity index is 1.45. The summed E-state index contributed by atoms with van der Waals surface area (Å²) in [5, 5.41) is 2.80. The summed E-state index contributed by atoms with van der Waals surface area (Å²) in [6, 6.07) is 11.3. The van der Waals surface area contributed by atoms with Crippen LogP contribution >= 0.6 is 0 Å². The number of allylic oxidation sites excluding steroid dienone is 2. The first-order valence-electron chi connectivity index (χ1n) is 10.1. The van der Waals surface area contributed by atoms with E-state index in [1.54, 1.807) is 11.1 Å². The fourth-order valence-electron chi connectivity index (χ4n) is 8.27. The lowest BCUT2D eigenvalue weighted by Gasteiger charge is -2.39. The van der Waals surface area contributed by atoms with E-state index in [2.05, 4.69) is 42.5 Å². The molecule has 3 fully saturated rings. The van der Waals surface area contributed by atoms with Gasteiger partial charge in [-0.15, -0.1) is 0 Å². The first-order valence-corrected chi connectivity index (χ1v) is 10.1. The molecule has 4 bridgehead atoms. The van der Waals surface area contributed by atoms with Crippen molar-refractivity contribution in [1.82, 2.24) is 0 Å². The van der Waals surface area contributed by atoms with E-state index in [0.29, 0.717) is 0 Å². The maximum atomic E-state index is 5.81. The van der Waals surface area contributed by atoms with Gasteiger partial charge in [0.2, 0.25) is 0 Å². The zero-order chi connectivity index (χ0) is 16.3. The topological polar surface area (TPSA) is 9.23 Å². The van der Waals surface area contributed by atoms with Gasteiger partial charge in [0.25, 0.3) is 0 Å². The average Bonchev–Trinajstić information content (AvgIpc) is 3.42. The number of hydrogen-bond acceptors (Lipinski definition) is 1. The fraction of sp³-hybridized carbons (Fsp3) is 0.500. The lowest BCUT2D eigenvalue weighted by molar-refractivity contribution is 0.136. The van der Waals surface area contributed by atoms with Crippen molar-refractivity contribution in [2.24, 2.45) is 41.4 Å². The van der Waals surface area contributed by atoms with Crippen LogP contribution in [-0.2, 0) is 6.42 Å². The molecule has 1 nitrogen and oxygen atoms in total. The maximum Gasteiger partial charge on any atom is 0.126 e. The van der Waals surface area contributed by atoms with Gasteiger partial charge in [-0.2, -0.15) is 0 Å². The van der Waals surface area contributed by atoms with E-state index in [4.69, 9.17) is 4.74 Å². The smallest absolute Gasteiger partial charge is 0.126 e. The minimum absolute atomic E-state index is 0.800. The Morgan fingerprint density at radius 1 is 0.880 bits per heavy atom. The van der Waals surface area contributed by atoms with Crippen LogP contribution in [0.3, 0.4) is 0 Å². The highest BCUT2D eigenvalue weighted by molar-refractivity contribution is 5.93. The van der Waals surface area contributed by atoms with Gasteiger partial charge in [-0.05, 0) is 89.2 Å². The summed E-state index contributed by atoms with van der Waals surface area (Å²) in [5.41, 5.74) is 3.31. The summed E-state index contributed by atoms with van der Waals surface area (Å²) in [4.78, 5) is 0. The molecule has 25 heavy (non-hydrogen) atoms. The summed E-state index contributed by atoms with van der Waals surface area (Å²) in [5.74, 6) is 8.52. The molecule has 0 saturated heterocycles. The summed E-state index contributed by atoms with van der Waals surface area (Å²) in [6.07, 6.45) is 9.43. The third-order valence-electron chi connectivity index (χ3n) is 8.74. The van der Waals surface area contributed by atoms with Gasteiger partial charge in [0.15, 0.2) is 0 Å². The van der Waals surface area contributed by atoms with Crippen LogP contribution in [-0.4, -0.2) is 7.11 Å². The highest BCUT2D eigenvalue weighted by Crippen LogP contribution is 2.73. The number of rotatable bonds is 1. The van der Waals surface area contributed by atoms with Gasteiger partial charge < -0.3 is 4.74 Å². The van der Waals surface area contributed by atoms with Gasteiger partial charge >= 0.3 is 0 Å². The molecule has 0 heterocycles. The zero-order valence-corrected chi connectivity index (χ0v) is 14.7. The van der Waals surface area contributed by atoms with Gasteiger partial charge in [0, 0.05) is 5.39 Å². The van der Waals surface area contributed by atoms with Crippen LogP contribution in [0, 0.1) is 41.4 Å². The van der Waals surface area contributed by atoms with Crippen molar-refractivity contribution < 1.29 is 4.74 Å². The number of fused-ring (bicyclic) bond motifs is 16. The first kappa shape index (κ1) is 13.4. The number of benzene rings is 2. The molecule has 0 amide bonds. The van der Waals surface area contributed by atoms with Crippen LogP contribution in [0.1, 0.15) is 29.9 Å². The fourth-order valence-corrected chi connectivity index (χ4v) is 8.27. The third-order valence-corrected chi connectivity index (χ3v) is 8.74. The van der Waals surface area contributed by atoms with E-state index in [0.717, 1.165) is 53.1 Å². The molecule has 0 spiro atoms. The molecule has 8 atom stereocenters. The van der Waals surface area contributed by atoms with Crippen LogP contribution in [0.15, 0.2) is 42.5 Å². The summed E-state index contributed by atoms with van der Waals surface area (Å²) in [7, 11) is 1.83. The molecule has 1 heteroatoms. The van der Waals surface area contributed by atoms with E-state index < -0.39 is 0 Å². The molecule has 5 aliphatic rings. The molecule has 126 valence electrons. The van der Waals surface area contributed by atoms with Gasteiger partial charge in [0.05, 0.1) is 7.11 Å². The second-order valence-corrected chi connectivity index (χ2v) is 9.26. The summed E-state index contributed by atoms with van der Waals surface area (Å²) in [6.45, 7) is 0. The Hall–Kier alpha value is -1.76. The number of hydrogen-bond donors (Lipinski definition) is 0. The van der Waals surface area contributed by atoms with Gasteiger partial charge in [-0.25, -0.2) is 0 Å². The van der Waals surface area contributed by atoms with Crippen molar-refractivity contribution in [1.29, 1.82) is 0 Å². The second-order valence-electron chi connectivity index (χ2n) is 9.26. The van der Waals surface area contributed by atoms with Crippen molar-refractivity contribution in [3.05, 3.63) is 53.6 Å². The van der Waals surface area contributed by atoms with E-state index in [1.807, 2.05) is 7.11 Å². The predicted molar refractivity (Wildman–Crippen MR) is 99.7 cm³/mol. The van der Waals surface area contributed by atoms with E-state index >= 15 is 0 Å². The molecule has 0 N–H and O–H groups in total. The molecule has 5 aliphatic carbocycles. The van der Waals surface area contributed by atoms with Crippen molar-refractivity contribution in [3.63, 3.8) is 0 Å². The molecule has 8 unspecified atom stereocenters. The van der Waals surface area contributed by atoms with Crippen molar-refractivity contribution in [3.8, 4) is 5.75 Å². The van der Waals surface area contributed by atoms with Gasteiger partial charge in [-0.1, -0.05) is 36.4 Å². The molecule has 2 aromatic carbocycles. The molecule has 0 aliphatic heterocycles. The highest BCUT2D eigenvalue weighted by atomic mass is 16.5. The predicted octanol–water partition coefficient (Wildman–Crippen LogP) is 5.19. The second kappa shape index (κ2) is 4.31. The molecule has 0 aromatic heterocycles. The first-order chi connectivity index (χ1) is 12.3. The lowest BCUT2D eigenvalue weighted by Crippen LogP contribution is -2.34. The van der Waals surface area contributed by atoms with Crippen molar-refractivity contribution in [2.75, 3.05) is 7.11 Å². The Labute approximate surface area is 149 Å². The largest absolute Gasteiger partial charge is 0.496 e. The van der Waals surface area contributed by atoms with Crippen LogP contribution in [0.25, 0.3) is 10.8 Å². The standard InChI is InChI=1S/C24H24O/c1-25-19-4-2-3-12-5-6-15-10-16-17-11-18(24(16)23(15)22(12)19)21-14-8-7-13(9-14)20(17)21/h2-8,13-14,16-18,20-21,24H,9-11H2,1H3. The Morgan fingerprint density at radius 3 is 2.56 bits per heavy atom. The average molecular weight is 328 g/mol. The SMILES string of the molecule is COc1cccc2ccc3c(c12)C1C(C3)C2CC1C1C3C=CC(C3)C21.